The first-order valence-corrected chi connectivity index (χ1v) is 9.09. The topological polar surface area (TPSA) is 78.9 Å². The molecule has 148 valence electrons. The van der Waals surface area contributed by atoms with Crippen LogP contribution in [0.15, 0.2) is 54.6 Å². The summed E-state index contributed by atoms with van der Waals surface area (Å²) in [6, 6.07) is 16.5. The molecule has 7 heteroatoms. The minimum Gasteiger partial charge on any atom is -0.486 e. The van der Waals surface area contributed by atoms with Gasteiger partial charge in [-0.15, -0.1) is 0 Å². The van der Waals surface area contributed by atoms with Crippen molar-refractivity contribution in [2.24, 2.45) is 0 Å². The van der Waals surface area contributed by atoms with Crippen LogP contribution < -0.4 is 19.5 Å². The SMILES string of the molecule is COC(=O)c1ccc(Nc2ccc(-c3cccc4c3OCCO4)nc2OC)cc1. The van der Waals surface area contributed by atoms with Crippen LogP contribution >= 0.6 is 0 Å². The van der Waals surface area contributed by atoms with Crippen molar-refractivity contribution >= 4 is 17.3 Å². The van der Waals surface area contributed by atoms with E-state index in [1.807, 2.05) is 30.3 Å². The van der Waals surface area contributed by atoms with E-state index in [0.29, 0.717) is 41.8 Å². The number of para-hydroxylation sites is 1. The highest BCUT2D eigenvalue weighted by molar-refractivity contribution is 5.89. The predicted molar refractivity (Wildman–Crippen MR) is 108 cm³/mol. The molecule has 0 bridgehead atoms. The molecule has 4 rings (SSSR count). The standard InChI is InChI=1S/C22H20N2O5/c1-26-21-18(23-15-8-6-14(7-9-15)22(25)27-2)11-10-17(24-21)16-4-3-5-19-20(16)29-13-12-28-19/h3-11,23H,12-13H2,1-2H3. The molecule has 3 aromatic rings. The molecule has 1 aliphatic rings. The Morgan fingerprint density at radius 1 is 1.00 bits per heavy atom. The van der Waals surface area contributed by atoms with Gasteiger partial charge in [0.1, 0.15) is 18.9 Å². The Balaban J connectivity index is 1.62. The molecule has 1 N–H and O–H groups in total. The molecule has 0 saturated heterocycles. The Kier molecular flexibility index (Phi) is 5.20. The molecule has 0 amide bonds. The van der Waals surface area contributed by atoms with E-state index in [4.69, 9.17) is 18.9 Å². The van der Waals surface area contributed by atoms with Gasteiger partial charge in [0.2, 0.25) is 5.88 Å². The molecular weight excluding hydrogens is 372 g/mol. The Morgan fingerprint density at radius 3 is 2.55 bits per heavy atom. The van der Waals surface area contributed by atoms with Crippen molar-refractivity contribution in [3.8, 4) is 28.6 Å². The molecule has 7 nitrogen and oxygen atoms in total. The number of anilines is 2. The van der Waals surface area contributed by atoms with Gasteiger partial charge < -0.3 is 24.3 Å². The average Bonchev–Trinajstić information content (AvgIpc) is 2.79. The maximum Gasteiger partial charge on any atom is 0.337 e. The first-order valence-electron chi connectivity index (χ1n) is 9.09. The second-order valence-electron chi connectivity index (χ2n) is 6.28. The maximum absolute atomic E-state index is 11.6. The van der Waals surface area contributed by atoms with Crippen molar-refractivity contribution < 1.29 is 23.7 Å². The minimum atomic E-state index is -0.377. The number of benzene rings is 2. The number of aromatic nitrogens is 1. The molecule has 0 saturated carbocycles. The van der Waals surface area contributed by atoms with Gasteiger partial charge in [-0.3, -0.25) is 0 Å². The lowest BCUT2D eigenvalue weighted by Crippen LogP contribution is -2.16. The summed E-state index contributed by atoms with van der Waals surface area (Å²) in [5.74, 6) is 1.46. The van der Waals surface area contributed by atoms with E-state index in [0.717, 1.165) is 16.9 Å². The molecule has 2 aromatic carbocycles. The van der Waals surface area contributed by atoms with Gasteiger partial charge in [0.15, 0.2) is 11.5 Å². The van der Waals surface area contributed by atoms with Gasteiger partial charge in [-0.05, 0) is 48.5 Å². The largest absolute Gasteiger partial charge is 0.486 e. The second kappa shape index (κ2) is 8.10. The molecular formula is C22H20N2O5. The number of hydrogen-bond acceptors (Lipinski definition) is 7. The van der Waals surface area contributed by atoms with Crippen LogP contribution in [0.1, 0.15) is 10.4 Å². The molecule has 0 aliphatic carbocycles. The van der Waals surface area contributed by atoms with Crippen LogP contribution in [0, 0.1) is 0 Å². The number of hydrogen-bond donors (Lipinski definition) is 1. The monoisotopic (exact) mass is 392 g/mol. The molecule has 0 radical (unpaired) electrons. The Morgan fingerprint density at radius 2 is 1.79 bits per heavy atom. The molecule has 2 heterocycles. The smallest absolute Gasteiger partial charge is 0.337 e. The number of carbonyl (C=O) groups is 1. The van der Waals surface area contributed by atoms with E-state index in [1.165, 1.54) is 7.11 Å². The number of esters is 1. The third kappa shape index (κ3) is 3.80. The number of rotatable bonds is 5. The number of fused-ring (bicyclic) bond motifs is 1. The summed E-state index contributed by atoms with van der Waals surface area (Å²) in [5, 5.41) is 3.25. The summed E-state index contributed by atoms with van der Waals surface area (Å²) in [7, 11) is 2.92. The van der Waals surface area contributed by atoms with E-state index < -0.39 is 0 Å². The van der Waals surface area contributed by atoms with Gasteiger partial charge in [0, 0.05) is 11.3 Å². The van der Waals surface area contributed by atoms with Crippen molar-refractivity contribution in [2.75, 3.05) is 32.8 Å². The van der Waals surface area contributed by atoms with E-state index in [1.54, 1.807) is 31.4 Å². The van der Waals surface area contributed by atoms with Crippen LogP contribution in [-0.4, -0.2) is 38.4 Å². The number of nitrogens with zero attached hydrogens (tertiary/aromatic N) is 1. The molecule has 1 aromatic heterocycles. The zero-order valence-corrected chi connectivity index (χ0v) is 16.1. The fraction of sp³-hybridized carbons (Fsp3) is 0.182. The van der Waals surface area contributed by atoms with E-state index in [2.05, 4.69) is 10.3 Å². The summed E-state index contributed by atoms with van der Waals surface area (Å²) < 4.78 is 21.6. The van der Waals surface area contributed by atoms with Crippen molar-refractivity contribution in [1.82, 2.24) is 4.98 Å². The summed E-state index contributed by atoms with van der Waals surface area (Å²) in [6.45, 7) is 1.03. The zero-order valence-electron chi connectivity index (χ0n) is 16.1. The lowest BCUT2D eigenvalue weighted by atomic mass is 10.1. The van der Waals surface area contributed by atoms with Crippen molar-refractivity contribution in [3.05, 3.63) is 60.2 Å². The predicted octanol–water partition coefficient (Wildman–Crippen LogP) is 4.06. The Hall–Kier alpha value is -3.74. The van der Waals surface area contributed by atoms with Crippen LogP contribution in [0.2, 0.25) is 0 Å². The quantitative estimate of drug-likeness (QED) is 0.656. The number of carbonyl (C=O) groups excluding carboxylic acids is 1. The average molecular weight is 392 g/mol. The lowest BCUT2D eigenvalue weighted by molar-refractivity contribution is 0.0601. The fourth-order valence-corrected chi connectivity index (χ4v) is 3.08. The number of pyridine rings is 1. The summed E-state index contributed by atoms with van der Waals surface area (Å²) >= 11 is 0. The minimum absolute atomic E-state index is 0.377. The van der Waals surface area contributed by atoms with Crippen LogP contribution in [-0.2, 0) is 4.74 Å². The van der Waals surface area contributed by atoms with Gasteiger partial charge in [-0.1, -0.05) is 6.07 Å². The molecule has 0 unspecified atom stereocenters. The zero-order chi connectivity index (χ0) is 20.2. The molecule has 1 aliphatic heterocycles. The van der Waals surface area contributed by atoms with E-state index >= 15 is 0 Å². The highest BCUT2D eigenvalue weighted by atomic mass is 16.6. The summed E-state index contributed by atoms with van der Waals surface area (Å²) in [4.78, 5) is 16.2. The number of methoxy groups -OCH3 is 2. The normalized spacial score (nSPS) is 12.2. The van der Waals surface area contributed by atoms with Crippen LogP contribution in [0.3, 0.4) is 0 Å². The lowest BCUT2D eigenvalue weighted by Gasteiger charge is -2.21. The summed E-state index contributed by atoms with van der Waals surface area (Å²) in [6.07, 6.45) is 0. The van der Waals surface area contributed by atoms with Crippen LogP contribution in [0.25, 0.3) is 11.3 Å². The van der Waals surface area contributed by atoms with Gasteiger partial charge in [-0.2, -0.15) is 0 Å². The first-order chi connectivity index (χ1) is 14.2. The van der Waals surface area contributed by atoms with E-state index in [-0.39, 0.29) is 5.97 Å². The second-order valence-corrected chi connectivity index (χ2v) is 6.28. The third-order valence-corrected chi connectivity index (χ3v) is 4.48. The van der Waals surface area contributed by atoms with Gasteiger partial charge >= 0.3 is 5.97 Å². The highest BCUT2D eigenvalue weighted by Crippen LogP contribution is 2.40. The fourth-order valence-electron chi connectivity index (χ4n) is 3.08. The molecule has 0 spiro atoms. The maximum atomic E-state index is 11.6. The highest BCUT2D eigenvalue weighted by Gasteiger charge is 2.19. The van der Waals surface area contributed by atoms with Gasteiger partial charge in [-0.25, -0.2) is 9.78 Å². The summed E-state index contributed by atoms with van der Waals surface area (Å²) in [5.41, 5.74) is 3.53. The van der Waals surface area contributed by atoms with Crippen LogP contribution in [0.4, 0.5) is 11.4 Å². The molecule has 0 atom stereocenters. The first kappa shape index (κ1) is 18.6. The molecule has 0 fully saturated rings. The number of nitrogens with one attached hydrogen (secondary N) is 1. The van der Waals surface area contributed by atoms with Crippen molar-refractivity contribution in [3.63, 3.8) is 0 Å². The van der Waals surface area contributed by atoms with E-state index in [9.17, 15) is 4.79 Å². The van der Waals surface area contributed by atoms with Crippen molar-refractivity contribution in [1.29, 1.82) is 0 Å². The number of ether oxygens (including phenoxy) is 4. The van der Waals surface area contributed by atoms with Gasteiger partial charge in [0.05, 0.1) is 25.5 Å². The molecule has 29 heavy (non-hydrogen) atoms. The van der Waals surface area contributed by atoms with Crippen LogP contribution in [0.5, 0.6) is 17.4 Å². The Bertz CT molecular complexity index is 1030. The van der Waals surface area contributed by atoms with Crippen molar-refractivity contribution in [2.45, 2.75) is 0 Å². The Labute approximate surface area is 168 Å². The third-order valence-electron chi connectivity index (χ3n) is 4.48. The van der Waals surface area contributed by atoms with Gasteiger partial charge in [0.25, 0.3) is 0 Å².